The highest BCUT2D eigenvalue weighted by atomic mass is 35.5. The standard InChI is InChI=1S/C29H25ClN2O6S/c1-5-37-28(34)25-16(2)31-29-32(26(25)18-8-12-22(35-3)23(14-18)36-4)27(33)24(39-29)15-20-11-13-21(38-20)17-6-9-19(30)10-7-17/h6-15,26H,5H2,1-4H3. The number of carbonyl (C=O) groups excluding carboxylic acids is 1. The van der Waals surface area contributed by atoms with Gasteiger partial charge in [0.05, 0.1) is 42.7 Å². The minimum Gasteiger partial charge on any atom is -0.493 e. The molecular weight excluding hydrogens is 540 g/mol. The number of carbonyl (C=O) groups is 1. The topological polar surface area (TPSA) is 92.3 Å². The van der Waals surface area contributed by atoms with Gasteiger partial charge in [0.1, 0.15) is 11.5 Å². The number of thiazole rings is 1. The second-order valence-corrected chi connectivity index (χ2v) is 10.1. The van der Waals surface area contributed by atoms with Crippen LogP contribution < -0.4 is 24.4 Å². The highest BCUT2D eigenvalue weighted by Crippen LogP contribution is 2.36. The van der Waals surface area contributed by atoms with Crippen LogP contribution in [0.25, 0.3) is 17.4 Å². The zero-order valence-corrected chi connectivity index (χ0v) is 23.3. The van der Waals surface area contributed by atoms with Crippen LogP contribution in [0.5, 0.6) is 11.5 Å². The summed E-state index contributed by atoms with van der Waals surface area (Å²) in [5, 5.41) is 0.633. The lowest BCUT2D eigenvalue weighted by molar-refractivity contribution is -0.139. The molecular formula is C29H25ClN2O6S. The summed E-state index contributed by atoms with van der Waals surface area (Å²) in [6.07, 6.45) is 1.68. The van der Waals surface area contributed by atoms with Gasteiger partial charge in [-0.2, -0.15) is 0 Å². The lowest BCUT2D eigenvalue weighted by Crippen LogP contribution is -2.39. The summed E-state index contributed by atoms with van der Waals surface area (Å²) < 4.78 is 24.2. The van der Waals surface area contributed by atoms with Crippen molar-refractivity contribution in [3.8, 4) is 22.8 Å². The molecule has 0 saturated carbocycles. The Balaban J connectivity index is 1.65. The second-order valence-electron chi connectivity index (χ2n) is 8.63. The van der Waals surface area contributed by atoms with Crippen LogP contribution in [0, 0.1) is 0 Å². The number of nitrogens with zero attached hydrogens (tertiary/aromatic N) is 2. The smallest absolute Gasteiger partial charge is 0.338 e. The van der Waals surface area contributed by atoms with Crippen molar-refractivity contribution >= 4 is 35.0 Å². The van der Waals surface area contributed by atoms with Crippen LogP contribution in [-0.2, 0) is 9.53 Å². The van der Waals surface area contributed by atoms with E-state index in [0.29, 0.717) is 48.6 Å². The van der Waals surface area contributed by atoms with Crippen LogP contribution in [0.4, 0.5) is 0 Å². The van der Waals surface area contributed by atoms with Gasteiger partial charge in [-0.1, -0.05) is 29.0 Å². The Bertz CT molecular complexity index is 1760. The summed E-state index contributed by atoms with van der Waals surface area (Å²) in [5.74, 6) is 1.62. The van der Waals surface area contributed by atoms with Crippen LogP contribution in [0.15, 0.2) is 80.1 Å². The number of ether oxygens (including phenoxy) is 3. The molecule has 2 aromatic heterocycles. The first-order chi connectivity index (χ1) is 18.8. The highest BCUT2D eigenvalue weighted by molar-refractivity contribution is 7.07. The van der Waals surface area contributed by atoms with E-state index < -0.39 is 12.0 Å². The molecule has 0 bridgehead atoms. The Kier molecular flexibility index (Phi) is 7.45. The molecule has 1 aliphatic heterocycles. The molecule has 0 fully saturated rings. The summed E-state index contributed by atoms with van der Waals surface area (Å²) in [6.45, 7) is 3.66. The lowest BCUT2D eigenvalue weighted by atomic mass is 9.95. The van der Waals surface area contributed by atoms with Crippen molar-refractivity contribution in [3.63, 3.8) is 0 Å². The van der Waals surface area contributed by atoms with Crippen molar-refractivity contribution in [2.24, 2.45) is 4.99 Å². The fourth-order valence-corrected chi connectivity index (χ4v) is 5.61. The van der Waals surface area contributed by atoms with E-state index in [0.717, 1.165) is 5.56 Å². The average Bonchev–Trinajstić information content (AvgIpc) is 3.52. The number of hydrogen-bond acceptors (Lipinski definition) is 8. The minimum atomic E-state index is -0.775. The quantitative estimate of drug-likeness (QED) is 0.301. The normalized spacial score (nSPS) is 15.1. The van der Waals surface area contributed by atoms with Gasteiger partial charge in [-0.15, -0.1) is 0 Å². The molecule has 1 atom stereocenters. The third-order valence-corrected chi connectivity index (χ3v) is 7.50. The fraction of sp³-hybridized carbons (Fsp3) is 0.207. The van der Waals surface area contributed by atoms with Crippen LogP contribution in [-0.4, -0.2) is 31.4 Å². The molecule has 10 heteroatoms. The van der Waals surface area contributed by atoms with Gasteiger partial charge in [-0.25, -0.2) is 9.79 Å². The van der Waals surface area contributed by atoms with Crippen molar-refractivity contribution in [2.75, 3.05) is 20.8 Å². The molecule has 2 aromatic carbocycles. The Morgan fingerprint density at radius 3 is 2.54 bits per heavy atom. The predicted octanol–water partition coefficient (Wildman–Crippen LogP) is 4.73. The summed E-state index contributed by atoms with van der Waals surface area (Å²) in [4.78, 5) is 32.0. The number of furan rings is 1. The molecule has 5 rings (SSSR count). The minimum absolute atomic E-state index is 0.188. The van der Waals surface area contributed by atoms with E-state index in [4.69, 9.17) is 30.2 Å². The maximum Gasteiger partial charge on any atom is 0.338 e. The van der Waals surface area contributed by atoms with Gasteiger partial charge in [0.2, 0.25) is 0 Å². The lowest BCUT2D eigenvalue weighted by Gasteiger charge is -2.25. The van der Waals surface area contributed by atoms with Crippen LogP contribution in [0.3, 0.4) is 0 Å². The molecule has 0 radical (unpaired) electrons. The molecule has 0 spiro atoms. The molecule has 1 unspecified atom stereocenters. The van der Waals surface area contributed by atoms with E-state index >= 15 is 0 Å². The summed E-state index contributed by atoms with van der Waals surface area (Å²) in [6, 6.07) is 15.4. The van der Waals surface area contributed by atoms with Crippen LogP contribution >= 0.6 is 22.9 Å². The maximum absolute atomic E-state index is 13.8. The van der Waals surface area contributed by atoms with Gasteiger partial charge in [0, 0.05) is 16.7 Å². The van der Waals surface area contributed by atoms with Crippen molar-refractivity contribution < 1.29 is 23.4 Å². The number of halogens is 1. The van der Waals surface area contributed by atoms with E-state index in [-0.39, 0.29) is 17.7 Å². The van der Waals surface area contributed by atoms with E-state index in [9.17, 15) is 9.59 Å². The van der Waals surface area contributed by atoms with Gasteiger partial charge in [0.25, 0.3) is 5.56 Å². The van der Waals surface area contributed by atoms with E-state index in [1.807, 2.05) is 18.2 Å². The number of methoxy groups -OCH3 is 2. The number of fused-ring (bicyclic) bond motifs is 1. The number of benzene rings is 2. The number of rotatable bonds is 7. The Morgan fingerprint density at radius 1 is 1.10 bits per heavy atom. The maximum atomic E-state index is 13.8. The molecule has 1 aliphatic rings. The molecule has 0 amide bonds. The second kappa shape index (κ2) is 11.0. The first-order valence-corrected chi connectivity index (χ1v) is 13.3. The predicted molar refractivity (Wildman–Crippen MR) is 149 cm³/mol. The van der Waals surface area contributed by atoms with Crippen molar-refractivity contribution in [2.45, 2.75) is 19.9 Å². The molecule has 8 nitrogen and oxygen atoms in total. The summed E-state index contributed by atoms with van der Waals surface area (Å²) in [7, 11) is 3.07. The molecule has 0 N–H and O–H groups in total. The molecule has 0 aliphatic carbocycles. The molecule has 3 heterocycles. The monoisotopic (exact) mass is 564 g/mol. The zero-order valence-electron chi connectivity index (χ0n) is 21.7. The molecule has 4 aromatic rings. The Labute approximate surface area is 233 Å². The summed E-state index contributed by atoms with van der Waals surface area (Å²) >= 11 is 7.22. The SMILES string of the molecule is CCOC(=O)C1=C(C)N=c2sc(=Cc3ccc(-c4ccc(Cl)cc4)o3)c(=O)n2C1c1ccc(OC)c(OC)c1. The van der Waals surface area contributed by atoms with Gasteiger partial charge in [-0.05, 0) is 67.9 Å². The molecule has 0 saturated heterocycles. The zero-order chi connectivity index (χ0) is 27.7. The van der Waals surface area contributed by atoms with Crippen molar-refractivity contribution in [1.82, 2.24) is 4.57 Å². The highest BCUT2D eigenvalue weighted by Gasteiger charge is 2.34. The van der Waals surface area contributed by atoms with E-state index in [1.165, 1.54) is 23.0 Å². The largest absolute Gasteiger partial charge is 0.493 e. The van der Waals surface area contributed by atoms with Gasteiger partial charge < -0.3 is 18.6 Å². The fourth-order valence-electron chi connectivity index (χ4n) is 4.46. The summed E-state index contributed by atoms with van der Waals surface area (Å²) in [5.41, 5.74) is 1.97. The van der Waals surface area contributed by atoms with Crippen LogP contribution in [0.1, 0.15) is 31.2 Å². The van der Waals surface area contributed by atoms with Crippen molar-refractivity contribution in [3.05, 3.63) is 102 Å². The number of esters is 1. The Hall–Kier alpha value is -4.08. The Morgan fingerprint density at radius 2 is 1.85 bits per heavy atom. The number of hydrogen-bond donors (Lipinski definition) is 0. The average molecular weight is 565 g/mol. The number of aromatic nitrogens is 1. The molecule has 39 heavy (non-hydrogen) atoms. The van der Waals surface area contributed by atoms with Gasteiger partial charge in [-0.3, -0.25) is 9.36 Å². The van der Waals surface area contributed by atoms with Gasteiger partial charge in [0.15, 0.2) is 16.3 Å². The van der Waals surface area contributed by atoms with E-state index in [1.54, 1.807) is 63.4 Å². The first-order valence-electron chi connectivity index (χ1n) is 12.1. The third kappa shape index (κ3) is 5.03. The van der Waals surface area contributed by atoms with E-state index in [2.05, 4.69) is 4.99 Å². The first kappa shape index (κ1) is 26.5. The third-order valence-electron chi connectivity index (χ3n) is 6.27. The van der Waals surface area contributed by atoms with Crippen LogP contribution in [0.2, 0.25) is 5.02 Å². The van der Waals surface area contributed by atoms with Gasteiger partial charge >= 0.3 is 5.97 Å². The number of allylic oxidation sites excluding steroid dienone is 1. The molecule has 200 valence electrons. The van der Waals surface area contributed by atoms with Crippen molar-refractivity contribution in [1.29, 1.82) is 0 Å².